The van der Waals surface area contributed by atoms with Crippen molar-refractivity contribution in [2.75, 3.05) is 31.1 Å². The molecular formula is C29H32N8. The van der Waals surface area contributed by atoms with Crippen LogP contribution in [0.4, 0.5) is 5.69 Å². The molecule has 188 valence electrons. The van der Waals surface area contributed by atoms with Gasteiger partial charge in [0.15, 0.2) is 0 Å². The van der Waals surface area contributed by atoms with Crippen molar-refractivity contribution >= 4 is 27.8 Å². The lowest BCUT2D eigenvalue weighted by Gasteiger charge is -2.29. The molecule has 5 aromatic heterocycles. The maximum atomic E-state index is 5.05. The molecule has 0 spiro atoms. The molecule has 0 saturated carbocycles. The molecule has 0 aromatic carbocycles. The largest absolute Gasteiger partial charge is 0.371 e. The average molecular weight is 493 g/mol. The fourth-order valence-corrected chi connectivity index (χ4v) is 5.89. The third kappa shape index (κ3) is 4.35. The predicted molar refractivity (Wildman–Crippen MR) is 147 cm³/mol. The monoisotopic (exact) mass is 492 g/mol. The SMILES string of the molecule is c1cc(N2CCCCC2)c2cc(-c3n[nH]c4ccc(-c5cncc(CN6CCCCC6)c5)nc34)[nH]c2n1. The first-order valence-electron chi connectivity index (χ1n) is 13.6. The average Bonchev–Trinajstić information content (AvgIpc) is 3.58. The fourth-order valence-electron chi connectivity index (χ4n) is 5.89. The highest BCUT2D eigenvalue weighted by Gasteiger charge is 2.19. The summed E-state index contributed by atoms with van der Waals surface area (Å²) in [6.45, 7) is 5.49. The molecule has 2 aliphatic heterocycles. The van der Waals surface area contributed by atoms with Crippen LogP contribution in [0.3, 0.4) is 0 Å². The first-order chi connectivity index (χ1) is 18.3. The van der Waals surface area contributed by atoms with E-state index in [0.29, 0.717) is 0 Å². The molecule has 0 unspecified atom stereocenters. The first-order valence-corrected chi connectivity index (χ1v) is 13.6. The van der Waals surface area contributed by atoms with E-state index in [4.69, 9.17) is 4.98 Å². The van der Waals surface area contributed by atoms with E-state index in [1.807, 2.05) is 24.7 Å². The second-order valence-corrected chi connectivity index (χ2v) is 10.4. The van der Waals surface area contributed by atoms with Gasteiger partial charge in [0, 0.05) is 54.9 Å². The number of pyridine rings is 3. The smallest absolute Gasteiger partial charge is 0.139 e. The van der Waals surface area contributed by atoms with Gasteiger partial charge in [0.2, 0.25) is 0 Å². The number of hydrogen-bond acceptors (Lipinski definition) is 6. The van der Waals surface area contributed by atoms with Crippen LogP contribution in [-0.2, 0) is 6.54 Å². The van der Waals surface area contributed by atoms with Gasteiger partial charge in [0.25, 0.3) is 0 Å². The normalized spacial score (nSPS) is 17.1. The number of H-pyrrole nitrogens is 2. The van der Waals surface area contributed by atoms with Gasteiger partial charge in [-0.15, -0.1) is 0 Å². The Morgan fingerprint density at radius 2 is 1.70 bits per heavy atom. The van der Waals surface area contributed by atoms with Gasteiger partial charge in [-0.1, -0.05) is 6.42 Å². The summed E-state index contributed by atoms with van der Waals surface area (Å²) in [7, 11) is 0. The summed E-state index contributed by atoms with van der Waals surface area (Å²) < 4.78 is 0. The van der Waals surface area contributed by atoms with Crippen LogP contribution in [-0.4, -0.2) is 61.2 Å². The van der Waals surface area contributed by atoms with E-state index in [9.17, 15) is 0 Å². The topological polar surface area (TPSA) is 89.6 Å². The zero-order valence-electron chi connectivity index (χ0n) is 21.1. The molecule has 0 bridgehead atoms. The van der Waals surface area contributed by atoms with Crippen molar-refractivity contribution in [2.24, 2.45) is 0 Å². The van der Waals surface area contributed by atoms with E-state index in [0.717, 1.165) is 64.3 Å². The summed E-state index contributed by atoms with van der Waals surface area (Å²) in [5, 5.41) is 8.96. The number of hydrogen-bond donors (Lipinski definition) is 2. The van der Waals surface area contributed by atoms with E-state index in [1.54, 1.807) is 0 Å². The molecule has 5 aromatic rings. The van der Waals surface area contributed by atoms with Crippen molar-refractivity contribution in [1.29, 1.82) is 0 Å². The van der Waals surface area contributed by atoms with Crippen LogP contribution >= 0.6 is 0 Å². The predicted octanol–water partition coefficient (Wildman–Crippen LogP) is 5.54. The third-order valence-electron chi connectivity index (χ3n) is 7.81. The molecule has 8 nitrogen and oxygen atoms in total. The molecule has 2 aliphatic rings. The van der Waals surface area contributed by atoms with Crippen LogP contribution in [0.1, 0.15) is 44.1 Å². The van der Waals surface area contributed by atoms with Gasteiger partial charge in [-0.05, 0) is 81.1 Å². The van der Waals surface area contributed by atoms with E-state index >= 15 is 0 Å². The van der Waals surface area contributed by atoms with Crippen LogP contribution in [0.25, 0.3) is 44.7 Å². The van der Waals surface area contributed by atoms with Crippen LogP contribution in [0, 0.1) is 0 Å². The fraction of sp³-hybridized carbons (Fsp3) is 0.379. The lowest BCUT2D eigenvalue weighted by molar-refractivity contribution is 0.220. The Labute approximate surface area is 216 Å². The van der Waals surface area contributed by atoms with Gasteiger partial charge < -0.3 is 9.88 Å². The summed E-state index contributed by atoms with van der Waals surface area (Å²) in [6.07, 6.45) is 13.5. The van der Waals surface area contributed by atoms with E-state index in [-0.39, 0.29) is 0 Å². The quantitative estimate of drug-likeness (QED) is 0.335. The molecule has 0 aliphatic carbocycles. The highest BCUT2D eigenvalue weighted by Crippen LogP contribution is 2.33. The molecule has 0 amide bonds. The molecule has 37 heavy (non-hydrogen) atoms. The van der Waals surface area contributed by atoms with Crippen molar-refractivity contribution in [1.82, 2.24) is 35.0 Å². The maximum absolute atomic E-state index is 5.05. The van der Waals surface area contributed by atoms with Gasteiger partial charge in [-0.25, -0.2) is 9.97 Å². The Morgan fingerprint density at radius 1 is 0.865 bits per heavy atom. The molecule has 2 N–H and O–H groups in total. The number of aromatic nitrogens is 6. The lowest BCUT2D eigenvalue weighted by atomic mass is 10.1. The minimum absolute atomic E-state index is 0.817. The van der Waals surface area contributed by atoms with Crippen molar-refractivity contribution in [3.63, 3.8) is 0 Å². The lowest BCUT2D eigenvalue weighted by Crippen LogP contribution is -2.29. The Balaban J connectivity index is 1.23. The van der Waals surface area contributed by atoms with E-state index in [2.05, 4.69) is 59.2 Å². The van der Waals surface area contributed by atoms with Gasteiger partial charge >= 0.3 is 0 Å². The molecule has 2 fully saturated rings. The summed E-state index contributed by atoms with van der Waals surface area (Å²) in [4.78, 5) is 22.7. The molecule has 0 atom stereocenters. The summed E-state index contributed by atoms with van der Waals surface area (Å²) >= 11 is 0. The second-order valence-electron chi connectivity index (χ2n) is 10.4. The summed E-state index contributed by atoms with van der Waals surface area (Å²) in [5.74, 6) is 0. The third-order valence-corrected chi connectivity index (χ3v) is 7.81. The number of rotatable bonds is 5. The number of aromatic amines is 2. The Bertz CT molecular complexity index is 1540. The molecular weight excluding hydrogens is 460 g/mol. The Hall–Kier alpha value is -3.78. The first kappa shape index (κ1) is 22.4. The van der Waals surface area contributed by atoms with Crippen molar-refractivity contribution < 1.29 is 0 Å². The summed E-state index contributed by atoms with van der Waals surface area (Å²) in [6, 6.07) is 10.7. The number of nitrogens with one attached hydrogen (secondary N) is 2. The van der Waals surface area contributed by atoms with Crippen LogP contribution < -0.4 is 4.90 Å². The van der Waals surface area contributed by atoms with E-state index < -0.39 is 0 Å². The highest BCUT2D eigenvalue weighted by molar-refractivity contribution is 5.97. The van der Waals surface area contributed by atoms with Gasteiger partial charge in [-0.2, -0.15) is 5.10 Å². The zero-order chi connectivity index (χ0) is 24.6. The molecule has 7 heterocycles. The van der Waals surface area contributed by atoms with Crippen molar-refractivity contribution in [2.45, 2.75) is 45.1 Å². The molecule has 0 radical (unpaired) electrons. The molecule has 8 heteroatoms. The zero-order valence-corrected chi connectivity index (χ0v) is 21.1. The minimum atomic E-state index is 0.817. The van der Waals surface area contributed by atoms with Crippen LogP contribution in [0.5, 0.6) is 0 Å². The number of piperidine rings is 2. The molecule has 7 rings (SSSR count). The summed E-state index contributed by atoms with van der Waals surface area (Å²) in [5.41, 5.74) is 8.83. The Morgan fingerprint density at radius 3 is 2.57 bits per heavy atom. The molecule has 2 saturated heterocycles. The number of fused-ring (bicyclic) bond motifs is 2. The van der Waals surface area contributed by atoms with Crippen molar-refractivity contribution in [3.05, 3.63) is 54.5 Å². The van der Waals surface area contributed by atoms with Crippen LogP contribution in [0.2, 0.25) is 0 Å². The maximum Gasteiger partial charge on any atom is 0.139 e. The van der Waals surface area contributed by atoms with E-state index in [1.165, 1.54) is 62.9 Å². The highest BCUT2D eigenvalue weighted by atomic mass is 15.2. The number of anilines is 1. The number of likely N-dealkylation sites (tertiary alicyclic amines) is 1. The minimum Gasteiger partial charge on any atom is -0.371 e. The van der Waals surface area contributed by atoms with Gasteiger partial charge in [0.1, 0.15) is 16.9 Å². The standard InChI is InChI=1S/C29H32N8/c1-3-11-36(12-4-1)19-20-15-21(18-30-17-20)23-7-8-24-27(32-23)28(35-34-24)25-16-22-26(9-10-31-29(22)33-25)37-13-5-2-6-14-37/h7-10,15-18H,1-6,11-14,19H2,(H,31,33)(H,34,35). The second kappa shape index (κ2) is 9.59. The van der Waals surface area contributed by atoms with Crippen molar-refractivity contribution in [3.8, 4) is 22.6 Å². The van der Waals surface area contributed by atoms with Gasteiger partial charge in [-0.3, -0.25) is 15.0 Å². The van der Waals surface area contributed by atoms with Crippen LogP contribution in [0.15, 0.2) is 48.9 Å². The number of nitrogens with zero attached hydrogens (tertiary/aromatic N) is 6. The van der Waals surface area contributed by atoms with Gasteiger partial charge in [0.05, 0.1) is 16.9 Å². The Kier molecular flexibility index (Phi) is 5.81.